The third kappa shape index (κ3) is 5.33. The van der Waals surface area contributed by atoms with Gasteiger partial charge in [0.1, 0.15) is 0 Å². The lowest BCUT2D eigenvalue weighted by Crippen LogP contribution is -2.48. The van der Waals surface area contributed by atoms with Crippen molar-refractivity contribution >= 4 is 51.2 Å². The zero-order chi connectivity index (χ0) is 22.7. The van der Waals surface area contributed by atoms with Crippen molar-refractivity contribution in [3.63, 3.8) is 0 Å². The summed E-state index contributed by atoms with van der Waals surface area (Å²) in [6.07, 6.45) is 0.373. The van der Waals surface area contributed by atoms with Crippen molar-refractivity contribution < 1.29 is 9.59 Å². The lowest BCUT2D eigenvalue weighted by atomic mass is 10.0. The first-order chi connectivity index (χ1) is 15.4. The van der Waals surface area contributed by atoms with Crippen LogP contribution in [0.1, 0.15) is 27.0 Å². The maximum Gasteiger partial charge on any atom is 0.227 e. The molecule has 0 bridgehead atoms. The molecular weight excluding hydrogens is 465 g/mol. The summed E-state index contributed by atoms with van der Waals surface area (Å²) in [4.78, 5) is 29.8. The molecule has 0 radical (unpaired) electrons. The number of hydrogen-bond donors (Lipinski definition) is 1. The van der Waals surface area contributed by atoms with Crippen LogP contribution < -0.4 is 5.73 Å². The highest BCUT2D eigenvalue weighted by Crippen LogP contribution is 2.29. The number of ketones is 1. The van der Waals surface area contributed by atoms with Crippen LogP contribution in [0.15, 0.2) is 53.9 Å². The number of nitrogens with two attached hydrogens (primary N) is 1. The van der Waals surface area contributed by atoms with Crippen LogP contribution in [-0.2, 0) is 17.8 Å². The number of rotatable bonds is 6. The lowest BCUT2D eigenvalue weighted by molar-refractivity contribution is -0.132. The Bertz CT molecular complexity index is 1110. The fourth-order valence-electron chi connectivity index (χ4n) is 3.82. The molecule has 2 aromatic carbocycles. The summed E-state index contributed by atoms with van der Waals surface area (Å²) < 4.78 is 0. The quantitative estimate of drug-likeness (QED) is 0.509. The molecule has 1 aliphatic heterocycles. The largest absolute Gasteiger partial charge is 0.390 e. The van der Waals surface area contributed by atoms with E-state index in [1.54, 1.807) is 36.4 Å². The molecule has 0 aliphatic carbocycles. The average molecular weight is 488 g/mol. The van der Waals surface area contributed by atoms with Crippen LogP contribution in [0.4, 0.5) is 5.00 Å². The van der Waals surface area contributed by atoms with Gasteiger partial charge in [0, 0.05) is 48.3 Å². The van der Waals surface area contributed by atoms with Gasteiger partial charge in [-0.05, 0) is 52.9 Å². The van der Waals surface area contributed by atoms with Crippen LogP contribution in [0.5, 0.6) is 0 Å². The van der Waals surface area contributed by atoms with Crippen molar-refractivity contribution in [2.45, 2.75) is 13.0 Å². The minimum Gasteiger partial charge on any atom is -0.390 e. The Kier molecular flexibility index (Phi) is 7.16. The van der Waals surface area contributed by atoms with Gasteiger partial charge in [-0.3, -0.25) is 14.5 Å². The third-order valence-electron chi connectivity index (χ3n) is 5.62. The number of hydrogen-bond acceptors (Lipinski definition) is 5. The number of nitrogen functional groups attached to an aromatic ring is 1. The minimum absolute atomic E-state index is 0.0906. The molecule has 1 saturated heterocycles. The van der Waals surface area contributed by atoms with Gasteiger partial charge >= 0.3 is 0 Å². The molecule has 1 aromatic heterocycles. The number of carbonyl (C=O) groups excluding carboxylic acids is 2. The molecule has 32 heavy (non-hydrogen) atoms. The predicted molar refractivity (Wildman–Crippen MR) is 131 cm³/mol. The molecule has 8 heteroatoms. The Morgan fingerprint density at radius 2 is 1.50 bits per heavy atom. The van der Waals surface area contributed by atoms with E-state index < -0.39 is 0 Å². The summed E-state index contributed by atoms with van der Waals surface area (Å²) in [6.45, 7) is 3.44. The van der Waals surface area contributed by atoms with Crippen LogP contribution in [0.3, 0.4) is 0 Å². The normalized spacial score (nSPS) is 14.5. The molecule has 0 saturated carbocycles. The molecule has 2 heterocycles. The van der Waals surface area contributed by atoms with E-state index in [0.29, 0.717) is 52.2 Å². The number of halogens is 2. The van der Waals surface area contributed by atoms with Crippen molar-refractivity contribution in [2.24, 2.45) is 0 Å². The molecule has 0 unspecified atom stereocenters. The van der Waals surface area contributed by atoms with Crippen molar-refractivity contribution in [3.8, 4) is 0 Å². The van der Waals surface area contributed by atoms with E-state index in [2.05, 4.69) is 4.90 Å². The Hall–Kier alpha value is -2.38. The Balaban J connectivity index is 1.36. The van der Waals surface area contributed by atoms with Crippen molar-refractivity contribution in [1.29, 1.82) is 0 Å². The van der Waals surface area contributed by atoms with E-state index in [1.807, 2.05) is 22.4 Å². The van der Waals surface area contributed by atoms with E-state index in [-0.39, 0.29) is 11.7 Å². The molecule has 0 atom stereocenters. The zero-order valence-corrected chi connectivity index (χ0v) is 19.7. The molecule has 166 valence electrons. The highest BCUT2D eigenvalue weighted by molar-refractivity contribution is 7.14. The zero-order valence-electron chi connectivity index (χ0n) is 17.4. The third-order valence-corrected chi connectivity index (χ3v) is 6.98. The highest BCUT2D eigenvalue weighted by atomic mass is 35.5. The Labute approximate surface area is 201 Å². The topological polar surface area (TPSA) is 66.6 Å². The second-order valence-corrected chi connectivity index (χ2v) is 9.58. The van der Waals surface area contributed by atoms with Gasteiger partial charge in [0.15, 0.2) is 5.78 Å². The molecular formula is C24H23Cl2N3O2S. The molecule has 5 nitrogen and oxygen atoms in total. The highest BCUT2D eigenvalue weighted by Gasteiger charge is 2.24. The predicted octanol–water partition coefficient (Wildman–Crippen LogP) is 4.76. The summed E-state index contributed by atoms with van der Waals surface area (Å²) in [5.41, 5.74) is 9.17. The SMILES string of the molecule is Nc1scc(CN2CCN(C(=O)Cc3ccc(Cl)cc3)CC2)c1C(=O)c1ccc(Cl)cc1. The van der Waals surface area contributed by atoms with Gasteiger partial charge in [-0.15, -0.1) is 11.3 Å². The lowest BCUT2D eigenvalue weighted by Gasteiger charge is -2.34. The van der Waals surface area contributed by atoms with Crippen LogP contribution in [0.2, 0.25) is 10.0 Å². The first-order valence-corrected chi connectivity index (χ1v) is 11.9. The number of amides is 1. The van der Waals surface area contributed by atoms with Crippen molar-refractivity contribution in [3.05, 3.63) is 86.2 Å². The maximum atomic E-state index is 13.0. The number of carbonyl (C=O) groups is 2. The minimum atomic E-state index is -0.0906. The Morgan fingerprint density at radius 3 is 2.12 bits per heavy atom. The van der Waals surface area contributed by atoms with E-state index in [1.165, 1.54) is 11.3 Å². The smallest absolute Gasteiger partial charge is 0.227 e. The summed E-state index contributed by atoms with van der Waals surface area (Å²) in [5, 5.41) is 3.73. The van der Waals surface area contributed by atoms with Crippen molar-refractivity contribution in [1.82, 2.24) is 9.80 Å². The van der Waals surface area contributed by atoms with E-state index in [4.69, 9.17) is 28.9 Å². The van der Waals surface area contributed by atoms with Gasteiger partial charge < -0.3 is 10.6 Å². The van der Waals surface area contributed by atoms with Crippen LogP contribution in [-0.4, -0.2) is 47.7 Å². The molecule has 2 N–H and O–H groups in total. The number of anilines is 1. The number of nitrogens with zero attached hydrogens (tertiary/aromatic N) is 2. The van der Waals surface area contributed by atoms with Gasteiger partial charge in [0.05, 0.1) is 17.0 Å². The van der Waals surface area contributed by atoms with Gasteiger partial charge in [-0.25, -0.2) is 0 Å². The molecule has 1 aliphatic rings. The summed E-state index contributed by atoms with van der Waals surface area (Å²) in [6, 6.07) is 14.2. The van der Waals surface area contributed by atoms with Gasteiger partial charge in [0.25, 0.3) is 0 Å². The molecule has 0 spiro atoms. The van der Waals surface area contributed by atoms with Crippen molar-refractivity contribution in [2.75, 3.05) is 31.9 Å². The van der Waals surface area contributed by atoms with E-state index >= 15 is 0 Å². The monoisotopic (exact) mass is 487 g/mol. The molecule has 3 aromatic rings. The Morgan fingerprint density at radius 1 is 0.906 bits per heavy atom. The van der Waals surface area contributed by atoms with Gasteiger partial charge in [-0.2, -0.15) is 0 Å². The first kappa shape index (κ1) is 22.8. The van der Waals surface area contributed by atoms with Crippen LogP contribution >= 0.6 is 34.5 Å². The summed E-state index contributed by atoms with van der Waals surface area (Å²) in [5.74, 6) is 0.0255. The number of benzene rings is 2. The van der Waals surface area contributed by atoms with Crippen LogP contribution in [0, 0.1) is 0 Å². The second-order valence-electron chi connectivity index (χ2n) is 7.80. The van der Waals surface area contributed by atoms with E-state index in [0.717, 1.165) is 24.2 Å². The van der Waals surface area contributed by atoms with Gasteiger partial charge in [0.2, 0.25) is 5.91 Å². The summed E-state index contributed by atoms with van der Waals surface area (Å²) >= 11 is 13.2. The second kappa shape index (κ2) is 10.0. The average Bonchev–Trinajstić information content (AvgIpc) is 3.15. The number of piperazine rings is 1. The molecule has 4 rings (SSSR count). The van der Waals surface area contributed by atoms with Gasteiger partial charge in [-0.1, -0.05) is 35.3 Å². The fraction of sp³-hybridized carbons (Fsp3) is 0.250. The standard InChI is InChI=1S/C24H23Cl2N3O2S/c25-19-5-1-16(2-6-19)13-21(30)29-11-9-28(10-12-29)14-18-15-32-24(27)22(18)23(31)17-3-7-20(26)8-4-17/h1-8,15H,9-14,27H2. The number of thiophene rings is 1. The first-order valence-electron chi connectivity index (χ1n) is 10.3. The summed E-state index contributed by atoms with van der Waals surface area (Å²) in [7, 11) is 0. The van der Waals surface area contributed by atoms with E-state index in [9.17, 15) is 9.59 Å². The molecule has 1 fully saturated rings. The molecule has 1 amide bonds. The van der Waals surface area contributed by atoms with Crippen LogP contribution in [0.25, 0.3) is 0 Å². The maximum absolute atomic E-state index is 13.0. The fourth-order valence-corrected chi connectivity index (χ4v) is 4.87.